The fourth-order valence-electron chi connectivity index (χ4n) is 3.18. The summed E-state index contributed by atoms with van der Waals surface area (Å²) >= 11 is 0. The zero-order valence-electron chi connectivity index (χ0n) is 26.5. The Morgan fingerprint density at radius 1 is 0.537 bits per heavy atom. The van der Waals surface area contributed by atoms with E-state index in [2.05, 4.69) is 21.3 Å². The van der Waals surface area contributed by atoms with Crippen molar-refractivity contribution in [2.24, 2.45) is 0 Å². The average molecular weight is 588 g/mol. The Bertz CT molecular complexity index is 844. The van der Waals surface area contributed by atoms with E-state index in [0.717, 1.165) is 0 Å². The first kappa shape index (κ1) is 37.8. The molecule has 0 aliphatic heterocycles. The highest BCUT2D eigenvalue weighted by atomic mass is 16.6. The summed E-state index contributed by atoms with van der Waals surface area (Å²) in [6.07, 6.45) is 0.589. The van der Waals surface area contributed by atoms with Crippen LogP contribution in [0, 0.1) is 0 Å². The van der Waals surface area contributed by atoms with Crippen molar-refractivity contribution in [3.63, 3.8) is 0 Å². The zero-order valence-corrected chi connectivity index (χ0v) is 26.5. The third-order valence-electron chi connectivity index (χ3n) is 4.79. The lowest BCUT2D eigenvalue weighted by molar-refractivity contribution is -0.136. The summed E-state index contributed by atoms with van der Waals surface area (Å²) in [5.74, 6) is -0.560. The molecule has 0 unspecified atom stereocenters. The van der Waals surface area contributed by atoms with E-state index in [0.29, 0.717) is 38.8 Å². The van der Waals surface area contributed by atoms with Gasteiger partial charge in [0.15, 0.2) is 0 Å². The number of rotatable bonds is 15. The third-order valence-corrected chi connectivity index (χ3v) is 4.79. The number of nitrogens with one attached hydrogen (secondary N) is 4. The number of alkyl carbamates (subject to hydrolysis) is 3. The number of hydrogen-bond donors (Lipinski definition) is 4. The smallest absolute Gasteiger partial charge is 0.407 e. The van der Waals surface area contributed by atoms with Crippen molar-refractivity contribution in [2.45, 2.75) is 111 Å². The van der Waals surface area contributed by atoms with Crippen molar-refractivity contribution in [3.05, 3.63) is 0 Å². The number of hydrogen-bond acceptors (Lipinski definition) is 8. The van der Waals surface area contributed by atoms with Gasteiger partial charge in [-0.15, -0.1) is 0 Å². The summed E-state index contributed by atoms with van der Waals surface area (Å²) in [5.41, 5.74) is -1.81. The summed E-state index contributed by atoms with van der Waals surface area (Å²) in [6, 6.07) is 0. The fourth-order valence-corrected chi connectivity index (χ4v) is 3.18. The lowest BCUT2D eigenvalue weighted by atomic mass is 10.2. The van der Waals surface area contributed by atoms with Gasteiger partial charge in [0.1, 0.15) is 16.8 Å². The first-order valence-electron chi connectivity index (χ1n) is 14.2. The van der Waals surface area contributed by atoms with Crippen LogP contribution in [0.25, 0.3) is 0 Å². The van der Waals surface area contributed by atoms with Gasteiger partial charge in [-0.2, -0.15) is 0 Å². The van der Waals surface area contributed by atoms with Crippen LogP contribution in [-0.2, 0) is 23.8 Å². The fraction of sp³-hybridized carbons (Fsp3) is 0.821. The van der Waals surface area contributed by atoms with E-state index in [1.165, 1.54) is 4.90 Å². The number of nitrogens with zero attached hydrogens (tertiary/aromatic N) is 1. The van der Waals surface area contributed by atoms with Gasteiger partial charge in [0, 0.05) is 39.1 Å². The van der Waals surface area contributed by atoms with Crippen LogP contribution in [0.5, 0.6) is 0 Å². The van der Waals surface area contributed by atoms with E-state index in [4.69, 9.17) is 14.2 Å². The van der Waals surface area contributed by atoms with Crippen LogP contribution in [0.4, 0.5) is 14.4 Å². The van der Waals surface area contributed by atoms with Gasteiger partial charge in [0.25, 0.3) is 0 Å². The summed E-state index contributed by atoms with van der Waals surface area (Å²) in [4.78, 5) is 62.2. The minimum Gasteiger partial charge on any atom is -0.444 e. The van der Waals surface area contributed by atoms with E-state index in [9.17, 15) is 24.0 Å². The lowest BCUT2D eigenvalue weighted by Crippen LogP contribution is -2.42. The summed E-state index contributed by atoms with van der Waals surface area (Å²) in [5, 5.41) is 10.7. The van der Waals surface area contributed by atoms with Gasteiger partial charge in [-0.25, -0.2) is 14.4 Å². The second kappa shape index (κ2) is 18.2. The molecule has 0 radical (unpaired) electrons. The normalized spacial score (nSPS) is 11.6. The number of unbranched alkanes of at least 4 members (excludes halogenated alkanes) is 1. The molecule has 0 aromatic carbocycles. The molecule has 0 atom stereocenters. The Morgan fingerprint density at radius 3 is 1.32 bits per heavy atom. The second-order valence-electron chi connectivity index (χ2n) is 12.6. The molecule has 0 aromatic rings. The molecule has 13 heteroatoms. The Balaban J connectivity index is 4.65. The molecule has 4 N–H and O–H groups in total. The van der Waals surface area contributed by atoms with E-state index >= 15 is 0 Å². The molecule has 13 nitrogen and oxygen atoms in total. The first-order chi connectivity index (χ1) is 18.8. The highest BCUT2D eigenvalue weighted by Gasteiger charge is 2.20. The predicted molar refractivity (Wildman–Crippen MR) is 155 cm³/mol. The third kappa shape index (κ3) is 24.3. The van der Waals surface area contributed by atoms with E-state index < -0.39 is 35.1 Å². The van der Waals surface area contributed by atoms with Gasteiger partial charge in [-0.3, -0.25) is 9.59 Å². The van der Waals surface area contributed by atoms with E-state index in [1.54, 1.807) is 62.3 Å². The molecule has 0 fully saturated rings. The summed E-state index contributed by atoms with van der Waals surface area (Å²) in [6.45, 7) is 17.4. The Hall–Kier alpha value is -3.25. The molecule has 41 heavy (non-hydrogen) atoms. The minimum atomic E-state index is -0.622. The molecule has 0 spiro atoms. The monoisotopic (exact) mass is 587 g/mol. The van der Waals surface area contributed by atoms with Crippen LogP contribution >= 0.6 is 0 Å². The molecular formula is C28H53N5O8. The first-order valence-corrected chi connectivity index (χ1v) is 14.2. The molecule has 0 rings (SSSR count). The molecule has 0 aromatic heterocycles. The Morgan fingerprint density at radius 2 is 0.902 bits per heavy atom. The van der Waals surface area contributed by atoms with Crippen molar-refractivity contribution < 1.29 is 38.2 Å². The highest BCUT2D eigenvalue weighted by molar-refractivity contribution is 5.84. The Labute approximate surface area is 245 Å². The molecule has 5 amide bonds. The molecule has 0 bridgehead atoms. The summed E-state index contributed by atoms with van der Waals surface area (Å²) in [7, 11) is 0. The Kier molecular flexibility index (Phi) is 16.8. The van der Waals surface area contributed by atoms with Gasteiger partial charge in [-0.1, -0.05) is 0 Å². The molecule has 0 aliphatic rings. The zero-order chi connectivity index (χ0) is 31.7. The summed E-state index contributed by atoms with van der Waals surface area (Å²) < 4.78 is 15.6. The van der Waals surface area contributed by atoms with Gasteiger partial charge in [0.2, 0.25) is 11.8 Å². The molecule has 0 aliphatic carbocycles. The number of amides is 5. The lowest BCUT2D eigenvalue weighted by Gasteiger charge is -2.23. The number of carbonyl (C=O) groups is 5. The largest absolute Gasteiger partial charge is 0.444 e. The average Bonchev–Trinajstić information content (AvgIpc) is 2.77. The molecule has 0 heterocycles. The number of carbonyl (C=O) groups excluding carboxylic acids is 5. The van der Waals surface area contributed by atoms with Crippen molar-refractivity contribution in [1.82, 2.24) is 26.2 Å². The van der Waals surface area contributed by atoms with Crippen molar-refractivity contribution in [1.29, 1.82) is 0 Å². The minimum absolute atomic E-state index is 0.124. The van der Waals surface area contributed by atoms with Crippen LogP contribution in [0.2, 0.25) is 0 Å². The quantitative estimate of drug-likeness (QED) is 0.167. The van der Waals surface area contributed by atoms with Gasteiger partial charge in [-0.05, 0) is 88.0 Å². The molecule has 238 valence electrons. The van der Waals surface area contributed by atoms with Crippen LogP contribution < -0.4 is 21.3 Å². The topological polar surface area (TPSA) is 164 Å². The maximum Gasteiger partial charge on any atom is 0.407 e. The van der Waals surface area contributed by atoms with Crippen LogP contribution in [0.3, 0.4) is 0 Å². The van der Waals surface area contributed by atoms with Crippen molar-refractivity contribution in [2.75, 3.05) is 39.3 Å². The maximum atomic E-state index is 12.9. The van der Waals surface area contributed by atoms with Gasteiger partial charge in [0.05, 0.1) is 6.54 Å². The van der Waals surface area contributed by atoms with Gasteiger partial charge >= 0.3 is 18.3 Å². The van der Waals surface area contributed by atoms with E-state index in [-0.39, 0.29) is 44.4 Å². The van der Waals surface area contributed by atoms with Crippen LogP contribution in [0.15, 0.2) is 0 Å². The van der Waals surface area contributed by atoms with Crippen LogP contribution in [0.1, 0.15) is 94.4 Å². The van der Waals surface area contributed by atoms with Crippen LogP contribution in [-0.4, -0.2) is 91.1 Å². The van der Waals surface area contributed by atoms with Crippen molar-refractivity contribution >= 4 is 30.1 Å². The predicted octanol–water partition coefficient (Wildman–Crippen LogP) is 3.46. The second-order valence-corrected chi connectivity index (χ2v) is 12.6. The maximum absolute atomic E-state index is 12.9. The molecular weight excluding hydrogens is 534 g/mol. The van der Waals surface area contributed by atoms with E-state index in [1.807, 2.05) is 0 Å². The molecule has 0 saturated heterocycles. The van der Waals surface area contributed by atoms with Gasteiger partial charge < -0.3 is 40.4 Å². The van der Waals surface area contributed by atoms with Crippen molar-refractivity contribution in [3.8, 4) is 0 Å². The standard InChI is InChI=1S/C28H53N5O8/c1-26(2,3)39-23(36)30-16-11-10-15-29-21(34)20-33(19-13-18-32-25(38)41-28(7,8)9)22(35)14-12-17-31-24(37)40-27(4,5)6/h10-20H2,1-9H3,(H,29,34)(H,30,36)(H,31,37)(H,32,38). The highest BCUT2D eigenvalue weighted by Crippen LogP contribution is 2.08. The molecule has 0 saturated carbocycles. The number of ether oxygens (including phenoxy) is 3. The SMILES string of the molecule is CC(C)(C)OC(=O)NCCCCNC(=O)CN(CCCNC(=O)OC(C)(C)C)C(=O)CCCNC(=O)OC(C)(C)C.